The van der Waals surface area contributed by atoms with E-state index in [1.54, 1.807) is 17.4 Å². The molecule has 112 valence electrons. The van der Waals surface area contributed by atoms with Crippen LogP contribution in [-0.2, 0) is 6.42 Å². The van der Waals surface area contributed by atoms with Crippen LogP contribution in [0.3, 0.4) is 0 Å². The Morgan fingerprint density at radius 2 is 2.14 bits per heavy atom. The number of hydrogen-bond acceptors (Lipinski definition) is 3. The first-order valence-electron chi connectivity index (χ1n) is 6.12. The zero-order valence-electron chi connectivity index (χ0n) is 10.8. The van der Waals surface area contributed by atoms with Gasteiger partial charge >= 0.3 is 6.61 Å². The van der Waals surface area contributed by atoms with Gasteiger partial charge in [-0.1, -0.05) is 6.07 Å². The minimum atomic E-state index is -2.90. The zero-order chi connectivity index (χ0) is 15.2. The van der Waals surface area contributed by atoms with Gasteiger partial charge in [0.25, 0.3) is 5.91 Å². The van der Waals surface area contributed by atoms with E-state index in [0.29, 0.717) is 12.1 Å². The zero-order valence-corrected chi connectivity index (χ0v) is 13.2. The van der Waals surface area contributed by atoms with Gasteiger partial charge in [-0.05, 0) is 52.7 Å². The highest BCUT2D eigenvalue weighted by molar-refractivity contribution is 9.11. The van der Waals surface area contributed by atoms with E-state index >= 15 is 0 Å². The Morgan fingerprint density at radius 3 is 2.81 bits per heavy atom. The van der Waals surface area contributed by atoms with E-state index in [4.69, 9.17) is 0 Å². The van der Waals surface area contributed by atoms with E-state index in [-0.39, 0.29) is 11.7 Å². The summed E-state index contributed by atoms with van der Waals surface area (Å²) in [4.78, 5) is 13.1. The van der Waals surface area contributed by atoms with E-state index in [2.05, 4.69) is 26.0 Å². The summed E-state index contributed by atoms with van der Waals surface area (Å²) in [5.74, 6) is -0.342. The number of rotatable bonds is 6. The number of ether oxygens (including phenoxy) is 1. The summed E-state index contributed by atoms with van der Waals surface area (Å²) in [5.41, 5.74) is 0.292. The lowest BCUT2D eigenvalue weighted by atomic mass is 10.2. The number of alkyl halides is 2. The fraction of sp³-hybridized carbons (Fsp3) is 0.214. The number of nitrogens with one attached hydrogen (secondary N) is 1. The molecule has 0 fully saturated rings. The molecule has 0 atom stereocenters. The van der Waals surface area contributed by atoms with Crippen LogP contribution in [0, 0.1) is 0 Å². The van der Waals surface area contributed by atoms with Gasteiger partial charge in [0.2, 0.25) is 0 Å². The Kier molecular flexibility index (Phi) is 5.69. The van der Waals surface area contributed by atoms with Crippen LogP contribution in [0.1, 0.15) is 15.2 Å². The molecule has 21 heavy (non-hydrogen) atoms. The first-order valence-corrected chi connectivity index (χ1v) is 7.73. The van der Waals surface area contributed by atoms with Crippen molar-refractivity contribution in [2.24, 2.45) is 0 Å². The lowest BCUT2D eigenvalue weighted by molar-refractivity contribution is -0.0498. The summed E-state index contributed by atoms with van der Waals surface area (Å²) < 4.78 is 29.5. The average Bonchev–Trinajstić information content (AvgIpc) is 2.84. The molecule has 2 rings (SSSR count). The van der Waals surface area contributed by atoms with Crippen molar-refractivity contribution in [3.63, 3.8) is 0 Å². The van der Waals surface area contributed by atoms with Crippen molar-refractivity contribution in [1.82, 2.24) is 5.32 Å². The largest absolute Gasteiger partial charge is 0.435 e. The molecule has 0 unspecified atom stereocenters. The van der Waals surface area contributed by atoms with Crippen molar-refractivity contribution in [3.05, 3.63) is 50.6 Å². The Morgan fingerprint density at radius 1 is 1.33 bits per heavy atom. The normalized spacial score (nSPS) is 10.7. The first-order chi connectivity index (χ1) is 10.0. The molecule has 1 N–H and O–H groups in total. The molecular formula is C14H12BrF2NO2S. The molecular weight excluding hydrogens is 364 g/mol. The van der Waals surface area contributed by atoms with Gasteiger partial charge in [0.15, 0.2) is 0 Å². The number of halogens is 3. The molecule has 3 nitrogen and oxygen atoms in total. The van der Waals surface area contributed by atoms with E-state index in [1.807, 2.05) is 12.1 Å². The van der Waals surface area contributed by atoms with Crippen LogP contribution in [0.2, 0.25) is 0 Å². The molecule has 0 saturated carbocycles. The van der Waals surface area contributed by atoms with Crippen LogP contribution in [0.4, 0.5) is 8.78 Å². The van der Waals surface area contributed by atoms with Gasteiger partial charge in [-0.25, -0.2) is 0 Å². The van der Waals surface area contributed by atoms with Crippen LogP contribution in [-0.4, -0.2) is 19.1 Å². The number of amides is 1. The quantitative estimate of drug-likeness (QED) is 0.825. The van der Waals surface area contributed by atoms with Crippen molar-refractivity contribution in [1.29, 1.82) is 0 Å². The minimum absolute atomic E-state index is 0.0279. The molecule has 1 aromatic heterocycles. The highest BCUT2D eigenvalue weighted by Crippen LogP contribution is 2.22. The molecule has 0 aliphatic rings. The predicted octanol–water partition coefficient (Wildman–Crippen LogP) is 4.08. The summed E-state index contributed by atoms with van der Waals surface area (Å²) in [6, 6.07) is 9.67. The summed E-state index contributed by atoms with van der Waals surface area (Å²) >= 11 is 4.98. The molecule has 7 heteroatoms. The van der Waals surface area contributed by atoms with Gasteiger partial charge in [-0.3, -0.25) is 4.79 Å². The molecule has 0 aliphatic heterocycles. The lowest BCUT2D eigenvalue weighted by Gasteiger charge is -2.07. The number of hydrogen-bond donors (Lipinski definition) is 1. The fourth-order valence-electron chi connectivity index (χ4n) is 1.70. The van der Waals surface area contributed by atoms with E-state index in [0.717, 1.165) is 15.1 Å². The third-order valence-corrected chi connectivity index (χ3v) is 4.29. The molecule has 0 saturated heterocycles. The molecule has 0 spiro atoms. The molecule has 0 aliphatic carbocycles. The Bertz CT molecular complexity index is 619. The maximum Gasteiger partial charge on any atom is 0.387 e. The van der Waals surface area contributed by atoms with Crippen LogP contribution in [0.25, 0.3) is 0 Å². The smallest absolute Gasteiger partial charge is 0.387 e. The minimum Gasteiger partial charge on any atom is -0.435 e. The van der Waals surface area contributed by atoms with E-state index in [9.17, 15) is 13.6 Å². The molecule has 2 aromatic rings. The maximum absolute atomic E-state index is 12.1. The molecule has 0 bridgehead atoms. The van der Waals surface area contributed by atoms with Gasteiger partial charge in [0.05, 0.1) is 3.79 Å². The summed E-state index contributed by atoms with van der Waals surface area (Å²) in [7, 11) is 0. The van der Waals surface area contributed by atoms with Gasteiger partial charge < -0.3 is 10.1 Å². The standard InChI is InChI=1S/C14H12BrF2NO2S/c15-12-5-4-11(21-12)6-7-18-13(19)9-2-1-3-10(8-9)20-14(16)17/h1-5,8,14H,6-7H2,(H,18,19). The summed E-state index contributed by atoms with van der Waals surface area (Å²) in [6.45, 7) is -2.42. The van der Waals surface area contributed by atoms with Gasteiger partial charge in [-0.15, -0.1) is 11.3 Å². The Labute approximate surface area is 133 Å². The van der Waals surface area contributed by atoms with Gasteiger partial charge in [-0.2, -0.15) is 8.78 Å². The monoisotopic (exact) mass is 375 g/mol. The fourth-order valence-corrected chi connectivity index (χ4v) is 3.18. The predicted molar refractivity (Wildman–Crippen MR) is 81.1 cm³/mol. The SMILES string of the molecule is O=C(NCCc1ccc(Br)s1)c1cccc(OC(F)F)c1. The summed E-state index contributed by atoms with van der Waals surface area (Å²) in [5, 5.41) is 2.75. The second kappa shape index (κ2) is 7.51. The number of benzene rings is 1. The molecule has 0 radical (unpaired) electrons. The highest BCUT2D eigenvalue weighted by Gasteiger charge is 2.09. The Hall–Kier alpha value is -1.47. The first kappa shape index (κ1) is 15.9. The van der Waals surface area contributed by atoms with Crippen LogP contribution >= 0.6 is 27.3 Å². The number of thiophene rings is 1. The van der Waals surface area contributed by atoms with Gasteiger partial charge in [0, 0.05) is 17.0 Å². The van der Waals surface area contributed by atoms with Crippen molar-refractivity contribution in [2.75, 3.05) is 6.54 Å². The van der Waals surface area contributed by atoms with Crippen LogP contribution in [0.5, 0.6) is 5.75 Å². The van der Waals surface area contributed by atoms with Crippen molar-refractivity contribution in [3.8, 4) is 5.75 Å². The number of carbonyl (C=O) groups is 1. The second-order valence-corrected chi connectivity index (χ2v) is 6.67. The van der Waals surface area contributed by atoms with E-state index in [1.165, 1.54) is 18.2 Å². The van der Waals surface area contributed by atoms with E-state index < -0.39 is 6.61 Å². The topological polar surface area (TPSA) is 38.3 Å². The maximum atomic E-state index is 12.1. The third kappa shape index (κ3) is 5.09. The summed E-state index contributed by atoms with van der Waals surface area (Å²) in [6.07, 6.45) is 0.717. The highest BCUT2D eigenvalue weighted by atomic mass is 79.9. The molecule has 1 aromatic carbocycles. The number of carbonyl (C=O) groups excluding carboxylic acids is 1. The van der Waals surface area contributed by atoms with Crippen LogP contribution in [0.15, 0.2) is 40.2 Å². The van der Waals surface area contributed by atoms with Crippen molar-refractivity contribution >= 4 is 33.2 Å². The lowest BCUT2D eigenvalue weighted by Crippen LogP contribution is -2.25. The Balaban J connectivity index is 1.88. The second-order valence-electron chi connectivity index (χ2n) is 4.12. The average molecular weight is 376 g/mol. The van der Waals surface area contributed by atoms with Gasteiger partial charge in [0.1, 0.15) is 5.75 Å². The third-order valence-electron chi connectivity index (χ3n) is 2.61. The van der Waals surface area contributed by atoms with Crippen LogP contribution < -0.4 is 10.1 Å². The molecule has 1 heterocycles. The van der Waals surface area contributed by atoms with Crippen molar-refractivity contribution < 1.29 is 18.3 Å². The van der Waals surface area contributed by atoms with Crippen molar-refractivity contribution in [2.45, 2.75) is 13.0 Å². The molecule has 1 amide bonds.